The van der Waals surface area contributed by atoms with Crippen molar-refractivity contribution in [2.24, 2.45) is 5.16 Å². The molecule has 0 aromatic heterocycles. The maximum absolute atomic E-state index is 12.0. The quantitative estimate of drug-likeness (QED) is 0.666. The van der Waals surface area contributed by atoms with Crippen molar-refractivity contribution in [3.05, 3.63) is 41.5 Å². The van der Waals surface area contributed by atoms with E-state index in [-0.39, 0.29) is 0 Å². The molecule has 0 unspecified atom stereocenters. The van der Waals surface area contributed by atoms with E-state index in [1.807, 2.05) is 30.3 Å². The zero-order chi connectivity index (χ0) is 16.7. The molecule has 0 bridgehead atoms. The molecule has 0 spiro atoms. The summed E-state index contributed by atoms with van der Waals surface area (Å²) in [5.41, 5.74) is 2.90. The summed E-state index contributed by atoms with van der Waals surface area (Å²) in [4.78, 5) is 21.9. The van der Waals surface area contributed by atoms with Crippen LogP contribution in [0.3, 0.4) is 0 Å². The molecule has 1 amide bonds. The van der Waals surface area contributed by atoms with Gasteiger partial charge in [0, 0.05) is 12.2 Å². The molecule has 23 heavy (non-hydrogen) atoms. The molecule has 1 N–H and O–H groups in total. The number of nitrogens with one attached hydrogen (secondary N) is 1. The standard InChI is InChI=1S/C17H23N3O3/c1-13(2)15-6-8-16(9-7-15)19-17(21)23-20-10-4-5-14(12-20)11-18-22-3/h5-9,11,13H,4,10,12H2,1-3H3,(H,19,21)/b18-11+. The summed E-state index contributed by atoms with van der Waals surface area (Å²) >= 11 is 0. The van der Waals surface area contributed by atoms with Crippen molar-refractivity contribution in [3.63, 3.8) is 0 Å². The number of hydroxylamine groups is 2. The van der Waals surface area contributed by atoms with Crippen molar-refractivity contribution in [3.8, 4) is 0 Å². The molecule has 0 atom stereocenters. The van der Waals surface area contributed by atoms with Gasteiger partial charge in [-0.15, -0.1) is 5.06 Å². The molecular weight excluding hydrogens is 294 g/mol. The van der Waals surface area contributed by atoms with Gasteiger partial charge in [0.1, 0.15) is 7.11 Å². The predicted octanol–water partition coefficient (Wildman–Crippen LogP) is 3.54. The molecule has 1 aliphatic rings. The van der Waals surface area contributed by atoms with E-state index in [1.165, 1.54) is 12.7 Å². The van der Waals surface area contributed by atoms with Crippen LogP contribution in [-0.2, 0) is 9.68 Å². The predicted molar refractivity (Wildman–Crippen MR) is 90.4 cm³/mol. The van der Waals surface area contributed by atoms with Gasteiger partial charge in [-0.1, -0.05) is 37.2 Å². The lowest BCUT2D eigenvalue weighted by Gasteiger charge is -2.24. The fourth-order valence-electron chi connectivity index (χ4n) is 2.24. The van der Waals surface area contributed by atoms with Crippen LogP contribution in [-0.4, -0.2) is 37.6 Å². The summed E-state index contributed by atoms with van der Waals surface area (Å²) in [6.45, 7) is 5.41. The number of carbonyl (C=O) groups excluding carboxylic acids is 1. The van der Waals surface area contributed by atoms with Crippen LogP contribution < -0.4 is 5.32 Å². The Morgan fingerprint density at radius 3 is 2.74 bits per heavy atom. The summed E-state index contributed by atoms with van der Waals surface area (Å²) in [6.07, 6.45) is 3.97. The highest BCUT2D eigenvalue weighted by Gasteiger charge is 2.16. The number of rotatable bonds is 5. The van der Waals surface area contributed by atoms with Crippen LogP contribution in [0.5, 0.6) is 0 Å². The minimum atomic E-state index is -0.493. The lowest BCUT2D eigenvalue weighted by Crippen LogP contribution is -2.34. The molecule has 1 heterocycles. The highest BCUT2D eigenvalue weighted by molar-refractivity contribution is 5.84. The van der Waals surface area contributed by atoms with Crippen LogP contribution in [0.25, 0.3) is 0 Å². The van der Waals surface area contributed by atoms with Gasteiger partial charge in [0.15, 0.2) is 0 Å². The fraction of sp³-hybridized carbons (Fsp3) is 0.412. The van der Waals surface area contributed by atoms with Crippen molar-refractivity contribution in [1.29, 1.82) is 0 Å². The van der Waals surface area contributed by atoms with Crippen molar-refractivity contribution in [2.75, 3.05) is 25.5 Å². The second kappa shape index (κ2) is 8.33. The molecule has 0 radical (unpaired) electrons. The zero-order valence-corrected chi connectivity index (χ0v) is 13.8. The number of hydrogen-bond acceptors (Lipinski definition) is 5. The monoisotopic (exact) mass is 317 g/mol. The van der Waals surface area contributed by atoms with Crippen LogP contribution >= 0.6 is 0 Å². The third-order valence-electron chi connectivity index (χ3n) is 3.50. The second-order valence-electron chi connectivity index (χ2n) is 5.63. The van der Waals surface area contributed by atoms with E-state index in [9.17, 15) is 4.79 Å². The van der Waals surface area contributed by atoms with E-state index in [1.54, 1.807) is 11.3 Å². The second-order valence-corrected chi connectivity index (χ2v) is 5.63. The number of anilines is 1. The van der Waals surface area contributed by atoms with Gasteiger partial charge in [-0.05, 0) is 35.6 Å². The molecular formula is C17H23N3O3. The Kier molecular flexibility index (Phi) is 6.17. The fourth-order valence-corrected chi connectivity index (χ4v) is 2.24. The van der Waals surface area contributed by atoms with Gasteiger partial charge in [0.2, 0.25) is 0 Å². The number of oxime groups is 1. The van der Waals surface area contributed by atoms with Gasteiger partial charge in [-0.25, -0.2) is 4.79 Å². The first-order valence-electron chi connectivity index (χ1n) is 7.68. The van der Waals surface area contributed by atoms with Crippen LogP contribution in [0, 0.1) is 0 Å². The summed E-state index contributed by atoms with van der Waals surface area (Å²) < 4.78 is 0. The van der Waals surface area contributed by atoms with Crippen LogP contribution in [0.15, 0.2) is 41.1 Å². The lowest BCUT2D eigenvalue weighted by molar-refractivity contribution is -0.0872. The zero-order valence-electron chi connectivity index (χ0n) is 13.8. The smallest absolute Gasteiger partial charge is 0.399 e. The Morgan fingerprint density at radius 2 is 2.09 bits per heavy atom. The number of carbonyl (C=O) groups is 1. The largest absolute Gasteiger partial charge is 0.430 e. The average molecular weight is 317 g/mol. The third-order valence-corrected chi connectivity index (χ3v) is 3.50. The molecule has 2 rings (SSSR count). The Morgan fingerprint density at radius 1 is 1.35 bits per heavy atom. The normalized spacial score (nSPS) is 15.6. The first kappa shape index (κ1) is 17.0. The summed E-state index contributed by atoms with van der Waals surface area (Å²) in [5.74, 6) is 0.461. The molecule has 0 saturated carbocycles. The Balaban J connectivity index is 1.85. The molecule has 0 saturated heterocycles. The third kappa shape index (κ3) is 5.41. The topological polar surface area (TPSA) is 63.2 Å². The number of benzene rings is 1. The molecule has 0 fully saturated rings. The van der Waals surface area contributed by atoms with E-state index in [0.29, 0.717) is 24.7 Å². The Hall–Kier alpha value is -2.34. The number of nitrogens with zero attached hydrogens (tertiary/aromatic N) is 2. The summed E-state index contributed by atoms with van der Waals surface area (Å²) in [5, 5.41) is 8.06. The van der Waals surface area contributed by atoms with Gasteiger partial charge >= 0.3 is 6.09 Å². The number of amides is 1. The average Bonchev–Trinajstić information content (AvgIpc) is 2.53. The minimum absolute atomic E-state index is 0.461. The van der Waals surface area contributed by atoms with E-state index in [2.05, 4.69) is 29.2 Å². The van der Waals surface area contributed by atoms with Gasteiger partial charge in [0.05, 0.1) is 12.8 Å². The first-order valence-corrected chi connectivity index (χ1v) is 7.68. The molecule has 124 valence electrons. The minimum Gasteiger partial charge on any atom is -0.399 e. The van der Waals surface area contributed by atoms with Gasteiger partial charge < -0.3 is 9.68 Å². The van der Waals surface area contributed by atoms with Crippen molar-refractivity contribution in [2.45, 2.75) is 26.2 Å². The van der Waals surface area contributed by atoms with Crippen LogP contribution in [0.2, 0.25) is 0 Å². The molecule has 1 aromatic rings. The van der Waals surface area contributed by atoms with Gasteiger partial charge in [0.25, 0.3) is 0 Å². The van der Waals surface area contributed by atoms with E-state index >= 15 is 0 Å². The van der Waals surface area contributed by atoms with Gasteiger partial charge in [-0.2, -0.15) is 0 Å². The van der Waals surface area contributed by atoms with E-state index < -0.39 is 6.09 Å². The summed E-state index contributed by atoms with van der Waals surface area (Å²) in [7, 11) is 1.49. The Labute approximate surface area is 136 Å². The van der Waals surface area contributed by atoms with Crippen molar-refractivity contribution < 1.29 is 14.5 Å². The van der Waals surface area contributed by atoms with E-state index in [4.69, 9.17) is 4.84 Å². The maximum atomic E-state index is 12.0. The molecule has 0 aliphatic carbocycles. The molecule has 6 nitrogen and oxygen atoms in total. The van der Waals surface area contributed by atoms with Gasteiger partial charge in [-0.3, -0.25) is 5.32 Å². The van der Waals surface area contributed by atoms with E-state index in [0.717, 1.165) is 12.0 Å². The molecule has 6 heteroatoms. The number of hydrogen-bond donors (Lipinski definition) is 1. The van der Waals surface area contributed by atoms with Crippen LogP contribution in [0.1, 0.15) is 31.7 Å². The Bertz CT molecular complexity index is 579. The lowest BCUT2D eigenvalue weighted by atomic mass is 10.0. The highest BCUT2D eigenvalue weighted by Crippen LogP contribution is 2.17. The molecule has 1 aromatic carbocycles. The van der Waals surface area contributed by atoms with Crippen molar-refractivity contribution >= 4 is 18.0 Å². The van der Waals surface area contributed by atoms with Crippen LogP contribution in [0.4, 0.5) is 10.5 Å². The summed E-state index contributed by atoms with van der Waals surface area (Å²) in [6, 6.07) is 7.76. The first-order chi connectivity index (χ1) is 11.1. The molecule has 1 aliphatic heterocycles. The van der Waals surface area contributed by atoms with Crippen molar-refractivity contribution in [1.82, 2.24) is 5.06 Å². The maximum Gasteiger partial charge on any atom is 0.430 e. The SMILES string of the molecule is CO/N=C/C1=CCCN(OC(=O)Nc2ccc(C(C)C)cc2)C1. The highest BCUT2D eigenvalue weighted by atomic mass is 16.7.